The summed E-state index contributed by atoms with van der Waals surface area (Å²) in [6, 6.07) is 10.2. The van der Waals surface area contributed by atoms with Gasteiger partial charge in [-0.2, -0.15) is 4.72 Å². The van der Waals surface area contributed by atoms with Crippen molar-refractivity contribution in [2.75, 3.05) is 10.6 Å². The third kappa shape index (κ3) is 5.38. The van der Waals surface area contributed by atoms with Crippen molar-refractivity contribution in [3.05, 3.63) is 53.6 Å². The van der Waals surface area contributed by atoms with Crippen LogP contribution in [0.25, 0.3) is 0 Å². The predicted molar refractivity (Wildman–Crippen MR) is 105 cm³/mol. The summed E-state index contributed by atoms with van der Waals surface area (Å²) in [5.41, 5.74) is 3.09. The molecular weight excluding hydrogens is 366 g/mol. The molecule has 0 aliphatic heterocycles. The molecule has 0 radical (unpaired) electrons. The molecule has 0 spiro atoms. The summed E-state index contributed by atoms with van der Waals surface area (Å²) in [6.07, 6.45) is 0. The average Bonchev–Trinajstić information content (AvgIpc) is 2.58. The second kappa shape index (κ2) is 8.32. The molecule has 8 heteroatoms. The third-order valence-electron chi connectivity index (χ3n) is 4.07. The minimum absolute atomic E-state index is 0.00277. The van der Waals surface area contributed by atoms with Crippen molar-refractivity contribution in [1.29, 1.82) is 0 Å². The first kappa shape index (κ1) is 20.6. The van der Waals surface area contributed by atoms with E-state index >= 15 is 0 Å². The molecule has 1 atom stereocenters. The number of carbonyl (C=O) groups excluding carboxylic acids is 2. The quantitative estimate of drug-likeness (QED) is 0.706. The van der Waals surface area contributed by atoms with E-state index < -0.39 is 22.0 Å². The van der Waals surface area contributed by atoms with E-state index in [2.05, 4.69) is 15.4 Å². The zero-order chi connectivity index (χ0) is 20.2. The predicted octanol–water partition coefficient (Wildman–Crippen LogP) is 2.57. The lowest BCUT2D eigenvalue weighted by Crippen LogP contribution is -2.41. The maximum absolute atomic E-state index is 12.5. The number of hydrogen-bond acceptors (Lipinski definition) is 4. The van der Waals surface area contributed by atoms with E-state index in [9.17, 15) is 18.0 Å². The van der Waals surface area contributed by atoms with Crippen LogP contribution in [0, 0.1) is 13.8 Å². The Bertz CT molecular complexity index is 953. The SMILES string of the molecule is CC(=O)Nc1ccc(S(=O)(=O)N[C@@H](C)C(=O)Nc2cccc(C)c2C)cc1. The second-order valence-corrected chi connectivity index (χ2v) is 8.00. The van der Waals surface area contributed by atoms with Gasteiger partial charge in [0.2, 0.25) is 21.8 Å². The van der Waals surface area contributed by atoms with E-state index in [1.54, 1.807) is 6.07 Å². The number of carbonyl (C=O) groups is 2. The molecule has 0 saturated carbocycles. The number of aryl methyl sites for hydroxylation is 1. The van der Waals surface area contributed by atoms with Crippen LogP contribution in [0.2, 0.25) is 0 Å². The van der Waals surface area contributed by atoms with Gasteiger partial charge in [-0.25, -0.2) is 8.42 Å². The molecule has 7 nitrogen and oxygen atoms in total. The molecule has 144 valence electrons. The molecule has 0 bridgehead atoms. The summed E-state index contributed by atoms with van der Waals surface area (Å²) in [4.78, 5) is 23.4. The fourth-order valence-corrected chi connectivity index (χ4v) is 3.61. The first-order valence-corrected chi connectivity index (χ1v) is 9.85. The van der Waals surface area contributed by atoms with Crippen LogP contribution in [0.3, 0.4) is 0 Å². The van der Waals surface area contributed by atoms with Gasteiger partial charge >= 0.3 is 0 Å². The summed E-state index contributed by atoms with van der Waals surface area (Å²) in [6.45, 7) is 6.66. The van der Waals surface area contributed by atoms with E-state index in [1.165, 1.54) is 38.1 Å². The maximum atomic E-state index is 12.5. The first-order chi connectivity index (χ1) is 12.6. The molecule has 0 aliphatic rings. The Morgan fingerprint density at radius 2 is 1.59 bits per heavy atom. The average molecular weight is 389 g/mol. The van der Waals surface area contributed by atoms with E-state index in [4.69, 9.17) is 0 Å². The molecule has 2 amide bonds. The van der Waals surface area contributed by atoms with Gasteiger partial charge in [-0.3, -0.25) is 9.59 Å². The van der Waals surface area contributed by atoms with Crippen LogP contribution in [0.15, 0.2) is 47.4 Å². The number of hydrogen-bond donors (Lipinski definition) is 3. The Kier molecular flexibility index (Phi) is 6.35. The van der Waals surface area contributed by atoms with Crippen molar-refractivity contribution in [1.82, 2.24) is 4.72 Å². The minimum atomic E-state index is -3.88. The molecule has 0 aliphatic carbocycles. The van der Waals surface area contributed by atoms with Gasteiger partial charge in [0.05, 0.1) is 10.9 Å². The van der Waals surface area contributed by atoms with Crippen LogP contribution in [-0.2, 0) is 19.6 Å². The molecule has 0 saturated heterocycles. The number of nitrogens with one attached hydrogen (secondary N) is 3. The van der Waals surface area contributed by atoms with Crippen LogP contribution >= 0.6 is 0 Å². The number of benzene rings is 2. The van der Waals surface area contributed by atoms with Crippen molar-refractivity contribution in [3.63, 3.8) is 0 Å². The fourth-order valence-electron chi connectivity index (χ4n) is 2.40. The van der Waals surface area contributed by atoms with Crippen LogP contribution in [0.4, 0.5) is 11.4 Å². The Morgan fingerprint density at radius 3 is 2.19 bits per heavy atom. The highest BCUT2D eigenvalue weighted by Crippen LogP contribution is 2.19. The van der Waals surface area contributed by atoms with Crippen LogP contribution in [-0.4, -0.2) is 26.3 Å². The lowest BCUT2D eigenvalue weighted by molar-refractivity contribution is -0.117. The molecule has 0 heterocycles. The van der Waals surface area contributed by atoms with Gasteiger partial charge in [0.15, 0.2) is 0 Å². The van der Waals surface area contributed by atoms with Gasteiger partial charge in [0.1, 0.15) is 0 Å². The fraction of sp³-hybridized carbons (Fsp3) is 0.263. The highest BCUT2D eigenvalue weighted by molar-refractivity contribution is 7.89. The van der Waals surface area contributed by atoms with Gasteiger partial charge in [-0.1, -0.05) is 12.1 Å². The van der Waals surface area contributed by atoms with Gasteiger partial charge in [0.25, 0.3) is 0 Å². The summed E-state index contributed by atoms with van der Waals surface area (Å²) in [7, 11) is -3.88. The van der Waals surface area contributed by atoms with E-state index in [0.717, 1.165) is 11.1 Å². The van der Waals surface area contributed by atoms with Gasteiger partial charge in [-0.15, -0.1) is 0 Å². The summed E-state index contributed by atoms with van der Waals surface area (Å²) in [5, 5.41) is 5.30. The Labute approximate surface area is 159 Å². The molecule has 2 rings (SSSR count). The van der Waals surface area contributed by atoms with Gasteiger partial charge in [-0.05, 0) is 62.2 Å². The number of rotatable bonds is 6. The van der Waals surface area contributed by atoms with Crippen LogP contribution < -0.4 is 15.4 Å². The first-order valence-electron chi connectivity index (χ1n) is 8.37. The van der Waals surface area contributed by atoms with Crippen molar-refractivity contribution in [2.45, 2.75) is 38.6 Å². The molecule has 0 fully saturated rings. The van der Waals surface area contributed by atoms with E-state index in [-0.39, 0.29) is 10.8 Å². The number of sulfonamides is 1. The molecule has 2 aromatic rings. The standard InChI is InChI=1S/C19H23N3O4S/c1-12-6-5-7-18(13(12)2)21-19(24)14(3)22-27(25,26)17-10-8-16(9-11-17)20-15(4)23/h5-11,14,22H,1-4H3,(H,20,23)(H,21,24)/t14-/m0/s1. The zero-order valence-electron chi connectivity index (χ0n) is 15.7. The minimum Gasteiger partial charge on any atom is -0.326 e. The molecule has 0 aromatic heterocycles. The highest BCUT2D eigenvalue weighted by atomic mass is 32.2. The Morgan fingerprint density at radius 1 is 0.963 bits per heavy atom. The number of anilines is 2. The highest BCUT2D eigenvalue weighted by Gasteiger charge is 2.22. The van der Waals surface area contributed by atoms with Crippen molar-refractivity contribution < 1.29 is 18.0 Å². The lowest BCUT2D eigenvalue weighted by Gasteiger charge is -2.16. The smallest absolute Gasteiger partial charge is 0.242 e. The van der Waals surface area contributed by atoms with E-state index in [0.29, 0.717) is 11.4 Å². The second-order valence-electron chi connectivity index (χ2n) is 6.29. The molecule has 27 heavy (non-hydrogen) atoms. The van der Waals surface area contributed by atoms with Crippen LogP contribution in [0.5, 0.6) is 0 Å². The van der Waals surface area contributed by atoms with E-state index in [1.807, 2.05) is 26.0 Å². The number of amides is 2. The molecule has 2 aromatic carbocycles. The Hall–Kier alpha value is -2.71. The molecular formula is C19H23N3O4S. The summed E-state index contributed by atoms with van der Waals surface area (Å²) < 4.78 is 27.3. The monoisotopic (exact) mass is 389 g/mol. The van der Waals surface area contributed by atoms with Crippen molar-refractivity contribution in [2.24, 2.45) is 0 Å². The van der Waals surface area contributed by atoms with Gasteiger partial charge < -0.3 is 10.6 Å². The normalized spacial score (nSPS) is 12.3. The third-order valence-corrected chi connectivity index (χ3v) is 5.63. The zero-order valence-corrected chi connectivity index (χ0v) is 16.5. The van der Waals surface area contributed by atoms with Gasteiger partial charge in [0, 0.05) is 18.3 Å². The molecule has 0 unspecified atom stereocenters. The summed E-state index contributed by atoms with van der Waals surface area (Å²) >= 11 is 0. The van der Waals surface area contributed by atoms with Crippen LogP contribution in [0.1, 0.15) is 25.0 Å². The Balaban J connectivity index is 2.08. The topological polar surface area (TPSA) is 104 Å². The molecule has 3 N–H and O–H groups in total. The maximum Gasteiger partial charge on any atom is 0.242 e. The summed E-state index contributed by atoms with van der Waals surface area (Å²) in [5.74, 6) is -0.706. The lowest BCUT2D eigenvalue weighted by atomic mass is 10.1. The van der Waals surface area contributed by atoms with Crippen molar-refractivity contribution in [3.8, 4) is 0 Å². The van der Waals surface area contributed by atoms with Crippen molar-refractivity contribution >= 4 is 33.2 Å². The largest absolute Gasteiger partial charge is 0.326 e.